The minimum atomic E-state index is -0.190. The Kier molecular flexibility index (Phi) is 4.87. The van der Waals surface area contributed by atoms with E-state index in [1.54, 1.807) is 11.3 Å². The van der Waals surface area contributed by atoms with Crippen LogP contribution < -0.4 is 5.32 Å². The Balaban J connectivity index is 1.71. The number of amides is 1. The van der Waals surface area contributed by atoms with E-state index in [-0.39, 0.29) is 11.4 Å². The molecule has 1 aliphatic heterocycles. The Morgan fingerprint density at radius 1 is 1.48 bits per heavy atom. The van der Waals surface area contributed by atoms with Gasteiger partial charge in [-0.15, -0.1) is 22.9 Å². The van der Waals surface area contributed by atoms with Crippen molar-refractivity contribution in [2.24, 2.45) is 5.92 Å². The van der Waals surface area contributed by atoms with Crippen LogP contribution in [-0.2, 0) is 12.2 Å². The summed E-state index contributed by atoms with van der Waals surface area (Å²) in [6.07, 6.45) is 5.43. The second kappa shape index (κ2) is 6.51. The molecule has 1 aromatic rings. The Labute approximate surface area is 140 Å². The van der Waals surface area contributed by atoms with Crippen LogP contribution in [-0.4, -0.2) is 23.1 Å². The number of fused-ring (bicyclic) bond motifs is 1. The maximum absolute atomic E-state index is 12.6. The number of halogens is 1. The van der Waals surface area contributed by atoms with Crippen molar-refractivity contribution in [3.8, 4) is 0 Å². The van der Waals surface area contributed by atoms with Crippen LogP contribution in [0.2, 0.25) is 0 Å². The first kappa shape index (κ1) is 15.7. The molecule has 3 rings (SSSR count). The van der Waals surface area contributed by atoms with Gasteiger partial charge in [-0.2, -0.15) is 11.8 Å². The normalized spacial score (nSPS) is 29.0. The molecule has 1 aromatic heterocycles. The minimum Gasteiger partial charge on any atom is -0.345 e. The minimum absolute atomic E-state index is 0.0783. The number of thioether (sulfide) groups is 1. The van der Waals surface area contributed by atoms with Crippen molar-refractivity contribution in [3.63, 3.8) is 0 Å². The predicted octanol–water partition coefficient (Wildman–Crippen LogP) is 4.45. The maximum Gasteiger partial charge on any atom is 0.261 e. The molecular formula is C16H22ClNOS2. The smallest absolute Gasteiger partial charge is 0.261 e. The van der Waals surface area contributed by atoms with E-state index in [9.17, 15) is 4.79 Å². The topological polar surface area (TPSA) is 29.1 Å². The maximum atomic E-state index is 12.6. The molecule has 21 heavy (non-hydrogen) atoms. The van der Waals surface area contributed by atoms with Crippen molar-refractivity contribution in [2.75, 3.05) is 11.6 Å². The monoisotopic (exact) mass is 343 g/mol. The summed E-state index contributed by atoms with van der Waals surface area (Å²) in [4.78, 5) is 14.9. The third-order valence-corrected chi connectivity index (χ3v) is 7.47. The van der Waals surface area contributed by atoms with E-state index in [0.717, 1.165) is 48.7 Å². The van der Waals surface area contributed by atoms with Gasteiger partial charge in [0, 0.05) is 16.5 Å². The van der Waals surface area contributed by atoms with Crippen molar-refractivity contribution < 1.29 is 4.79 Å². The van der Waals surface area contributed by atoms with Gasteiger partial charge in [-0.3, -0.25) is 4.79 Å². The summed E-state index contributed by atoms with van der Waals surface area (Å²) in [5.74, 6) is 3.58. The highest BCUT2D eigenvalue weighted by atomic mass is 35.5. The molecule has 0 saturated heterocycles. The number of carbonyl (C=O) groups is 1. The van der Waals surface area contributed by atoms with Gasteiger partial charge >= 0.3 is 0 Å². The van der Waals surface area contributed by atoms with Crippen LogP contribution in [0.1, 0.15) is 52.7 Å². The molecule has 116 valence electrons. The zero-order chi connectivity index (χ0) is 14.9. The molecule has 5 heteroatoms. The van der Waals surface area contributed by atoms with E-state index in [1.165, 1.54) is 16.2 Å². The quantitative estimate of drug-likeness (QED) is 0.821. The highest BCUT2D eigenvalue weighted by Crippen LogP contribution is 2.35. The zero-order valence-electron chi connectivity index (χ0n) is 12.4. The molecule has 0 unspecified atom stereocenters. The van der Waals surface area contributed by atoms with Crippen LogP contribution in [0, 0.1) is 5.92 Å². The van der Waals surface area contributed by atoms with Crippen LogP contribution in [0.15, 0.2) is 6.07 Å². The Morgan fingerprint density at radius 3 is 2.90 bits per heavy atom. The second-order valence-corrected chi connectivity index (χ2v) is 8.92. The van der Waals surface area contributed by atoms with E-state index in [0.29, 0.717) is 5.88 Å². The molecule has 2 nitrogen and oxygen atoms in total. The van der Waals surface area contributed by atoms with Crippen molar-refractivity contribution in [2.45, 2.75) is 50.3 Å². The summed E-state index contributed by atoms with van der Waals surface area (Å²) in [7, 11) is 0. The molecule has 0 radical (unpaired) electrons. The molecule has 0 spiro atoms. The second-order valence-electron chi connectivity index (χ2n) is 6.41. The SMILES string of the molecule is CC1CCC(CCl)(NC(=O)c2cc3c(s2)CCSC3)CC1. The average Bonchev–Trinajstić information content (AvgIpc) is 2.94. The van der Waals surface area contributed by atoms with E-state index in [4.69, 9.17) is 11.6 Å². The lowest BCUT2D eigenvalue weighted by Crippen LogP contribution is -2.52. The van der Waals surface area contributed by atoms with E-state index in [1.807, 2.05) is 11.8 Å². The van der Waals surface area contributed by atoms with E-state index < -0.39 is 0 Å². The number of hydrogen-bond acceptors (Lipinski definition) is 3. The summed E-state index contributed by atoms with van der Waals surface area (Å²) in [5.41, 5.74) is 1.17. The fraction of sp³-hybridized carbons (Fsp3) is 0.688. The van der Waals surface area contributed by atoms with Crippen LogP contribution in [0.4, 0.5) is 0 Å². The summed E-state index contributed by atoms with van der Waals surface area (Å²) in [5, 5.41) is 3.26. The highest BCUT2D eigenvalue weighted by molar-refractivity contribution is 7.98. The third kappa shape index (κ3) is 3.43. The first-order chi connectivity index (χ1) is 10.1. The fourth-order valence-corrected chi connectivity index (χ4v) is 5.77. The average molecular weight is 344 g/mol. The van der Waals surface area contributed by atoms with Crippen LogP contribution in [0.5, 0.6) is 0 Å². The molecule has 2 heterocycles. The Bertz CT molecular complexity index is 497. The summed E-state index contributed by atoms with van der Waals surface area (Å²) in [6.45, 7) is 2.28. The molecule has 0 aromatic carbocycles. The Hall–Kier alpha value is -0.190. The fourth-order valence-electron chi connectivity index (χ4n) is 3.17. The van der Waals surface area contributed by atoms with Gasteiger partial charge in [-0.25, -0.2) is 0 Å². The van der Waals surface area contributed by atoms with Gasteiger partial charge in [0.05, 0.1) is 10.4 Å². The van der Waals surface area contributed by atoms with Crippen molar-refractivity contribution in [1.29, 1.82) is 0 Å². The van der Waals surface area contributed by atoms with Crippen molar-refractivity contribution in [3.05, 3.63) is 21.4 Å². The van der Waals surface area contributed by atoms with Gasteiger partial charge in [0.2, 0.25) is 0 Å². The number of aryl methyl sites for hydroxylation is 1. The first-order valence-corrected chi connectivity index (χ1v) is 10.2. The number of thiophene rings is 1. The van der Waals surface area contributed by atoms with Crippen LogP contribution >= 0.6 is 34.7 Å². The van der Waals surface area contributed by atoms with Gasteiger partial charge in [0.15, 0.2) is 0 Å². The first-order valence-electron chi connectivity index (χ1n) is 7.70. The van der Waals surface area contributed by atoms with Gasteiger partial charge in [-0.05, 0) is 55.4 Å². The molecule has 1 fully saturated rings. The number of rotatable bonds is 3. The molecule has 0 bridgehead atoms. The number of nitrogens with one attached hydrogen (secondary N) is 1. The lowest BCUT2D eigenvalue weighted by atomic mass is 9.78. The molecule has 1 amide bonds. The summed E-state index contributed by atoms with van der Waals surface area (Å²) in [6, 6.07) is 2.09. The van der Waals surface area contributed by atoms with Crippen LogP contribution in [0.3, 0.4) is 0 Å². The van der Waals surface area contributed by atoms with Gasteiger partial charge in [0.1, 0.15) is 0 Å². The van der Waals surface area contributed by atoms with Crippen LogP contribution in [0.25, 0.3) is 0 Å². The summed E-state index contributed by atoms with van der Waals surface area (Å²) < 4.78 is 0. The summed E-state index contributed by atoms with van der Waals surface area (Å²) >= 11 is 9.83. The highest BCUT2D eigenvalue weighted by Gasteiger charge is 2.35. The molecule has 2 aliphatic rings. The predicted molar refractivity (Wildman–Crippen MR) is 92.7 cm³/mol. The number of hydrogen-bond donors (Lipinski definition) is 1. The van der Waals surface area contributed by atoms with E-state index >= 15 is 0 Å². The van der Waals surface area contributed by atoms with Gasteiger partial charge < -0.3 is 5.32 Å². The van der Waals surface area contributed by atoms with Gasteiger partial charge in [0.25, 0.3) is 5.91 Å². The largest absolute Gasteiger partial charge is 0.345 e. The van der Waals surface area contributed by atoms with Gasteiger partial charge in [-0.1, -0.05) is 6.92 Å². The Morgan fingerprint density at radius 2 is 2.24 bits per heavy atom. The molecule has 1 saturated carbocycles. The lowest BCUT2D eigenvalue weighted by molar-refractivity contribution is 0.0876. The zero-order valence-corrected chi connectivity index (χ0v) is 14.8. The van der Waals surface area contributed by atoms with Crippen molar-refractivity contribution >= 4 is 40.6 Å². The molecule has 1 aliphatic carbocycles. The van der Waals surface area contributed by atoms with Crippen molar-refractivity contribution in [1.82, 2.24) is 5.32 Å². The lowest BCUT2D eigenvalue weighted by Gasteiger charge is -2.38. The third-order valence-electron chi connectivity index (χ3n) is 4.72. The standard InChI is InChI=1S/C16H22ClNOS2/c1-11-2-5-16(10-17,6-3-11)18-15(19)14-8-12-9-20-7-4-13(12)21-14/h8,11H,2-7,9-10H2,1H3,(H,18,19). The molecular weight excluding hydrogens is 322 g/mol. The molecule has 1 N–H and O–H groups in total. The van der Waals surface area contributed by atoms with E-state index in [2.05, 4.69) is 18.3 Å². The number of alkyl halides is 1. The molecule has 0 atom stereocenters. The number of carbonyl (C=O) groups excluding carboxylic acids is 1.